The van der Waals surface area contributed by atoms with Gasteiger partial charge in [0, 0.05) is 29.7 Å². The highest BCUT2D eigenvalue weighted by Gasteiger charge is 2.40. The van der Waals surface area contributed by atoms with Crippen LogP contribution in [0.5, 0.6) is 5.75 Å². The highest BCUT2D eigenvalue weighted by atomic mass is 16.3. The van der Waals surface area contributed by atoms with Gasteiger partial charge >= 0.3 is 0 Å². The van der Waals surface area contributed by atoms with Crippen molar-refractivity contribution in [3.05, 3.63) is 29.5 Å². The molecule has 2 N–H and O–H groups in total. The first-order valence-electron chi connectivity index (χ1n) is 8.65. The zero-order chi connectivity index (χ0) is 16.1. The number of aromatic hydroxyl groups is 1. The summed E-state index contributed by atoms with van der Waals surface area (Å²) in [6.45, 7) is 1.97. The number of fused-ring (bicyclic) bond motifs is 2. The van der Waals surface area contributed by atoms with E-state index in [4.69, 9.17) is 0 Å². The van der Waals surface area contributed by atoms with Crippen molar-refractivity contribution in [3.8, 4) is 5.75 Å². The summed E-state index contributed by atoms with van der Waals surface area (Å²) in [5, 5.41) is 13.9. The van der Waals surface area contributed by atoms with Crippen LogP contribution in [0.15, 0.2) is 18.2 Å². The van der Waals surface area contributed by atoms with Gasteiger partial charge in [-0.3, -0.25) is 4.79 Å². The van der Waals surface area contributed by atoms with Crippen LogP contribution >= 0.6 is 0 Å². The summed E-state index contributed by atoms with van der Waals surface area (Å²) in [4.78, 5) is 12.9. The standard InChI is InChI=1S/C19H24N2O2/c1-11-18(15-10-13(22)7-9-17(15)21(11)2)19(23)20-16-8-6-12-4-3-5-14(12)16/h7,9-10,12,14,16,22H,3-6,8H2,1-2H3,(H,20,23)/t12-,14-,16-/m0/s1. The maximum Gasteiger partial charge on any atom is 0.253 e. The average molecular weight is 312 g/mol. The van der Waals surface area contributed by atoms with Crippen LogP contribution in [0.1, 0.15) is 48.2 Å². The molecule has 122 valence electrons. The highest BCUT2D eigenvalue weighted by Crippen LogP contribution is 2.44. The van der Waals surface area contributed by atoms with E-state index in [1.54, 1.807) is 12.1 Å². The predicted molar refractivity (Wildman–Crippen MR) is 90.6 cm³/mol. The number of rotatable bonds is 2. The molecule has 0 unspecified atom stereocenters. The number of nitrogens with zero attached hydrogens (tertiary/aromatic N) is 1. The van der Waals surface area contributed by atoms with Crippen LogP contribution in [-0.4, -0.2) is 21.6 Å². The molecule has 1 amide bonds. The van der Waals surface area contributed by atoms with Gasteiger partial charge in [-0.15, -0.1) is 0 Å². The molecule has 4 rings (SSSR count). The summed E-state index contributed by atoms with van der Waals surface area (Å²) >= 11 is 0. The van der Waals surface area contributed by atoms with Gasteiger partial charge in [-0.1, -0.05) is 12.8 Å². The van der Waals surface area contributed by atoms with Crippen molar-refractivity contribution in [1.82, 2.24) is 9.88 Å². The third kappa shape index (κ3) is 2.23. The monoisotopic (exact) mass is 312 g/mol. The van der Waals surface area contributed by atoms with Gasteiger partial charge < -0.3 is 15.0 Å². The van der Waals surface area contributed by atoms with Crippen molar-refractivity contribution in [2.75, 3.05) is 0 Å². The van der Waals surface area contributed by atoms with E-state index >= 15 is 0 Å². The van der Waals surface area contributed by atoms with Crippen molar-refractivity contribution in [2.24, 2.45) is 18.9 Å². The van der Waals surface area contributed by atoms with Gasteiger partial charge in [-0.25, -0.2) is 0 Å². The summed E-state index contributed by atoms with van der Waals surface area (Å²) in [5.74, 6) is 1.70. The first kappa shape index (κ1) is 14.6. The van der Waals surface area contributed by atoms with Crippen LogP contribution in [0.2, 0.25) is 0 Å². The molecule has 2 aliphatic rings. The molecule has 23 heavy (non-hydrogen) atoms. The Morgan fingerprint density at radius 1 is 1.26 bits per heavy atom. The van der Waals surface area contributed by atoms with E-state index in [9.17, 15) is 9.90 Å². The second-order valence-electron chi connectivity index (χ2n) is 7.23. The Morgan fingerprint density at radius 2 is 2.09 bits per heavy atom. The van der Waals surface area contributed by atoms with Crippen LogP contribution in [0.3, 0.4) is 0 Å². The van der Waals surface area contributed by atoms with Gasteiger partial charge in [0.1, 0.15) is 5.75 Å². The van der Waals surface area contributed by atoms with Crippen LogP contribution in [0.4, 0.5) is 0 Å². The fourth-order valence-corrected chi connectivity index (χ4v) is 4.83. The van der Waals surface area contributed by atoms with Crippen molar-refractivity contribution in [3.63, 3.8) is 0 Å². The number of phenolic OH excluding ortho intramolecular Hbond substituents is 1. The zero-order valence-electron chi connectivity index (χ0n) is 13.8. The predicted octanol–water partition coefficient (Wildman–Crippen LogP) is 3.50. The van der Waals surface area contributed by atoms with Crippen molar-refractivity contribution < 1.29 is 9.90 Å². The summed E-state index contributed by atoms with van der Waals surface area (Å²) < 4.78 is 2.02. The second-order valence-corrected chi connectivity index (χ2v) is 7.23. The molecular weight excluding hydrogens is 288 g/mol. The van der Waals surface area contributed by atoms with E-state index in [0.29, 0.717) is 17.5 Å². The van der Waals surface area contributed by atoms with E-state index in [-0.39, 0.29) is 11.7 Å². The largest absolute Gasteiger partial charge is 0.508 e. The topological polar surface area (TPSA) is 54.3 Å². The van der Waals surface area contributed by atoms with E-state index in [2.05, 4.69) is 5.32 Å². The molecule has 2 saturated carbocycles. The molecule has 4 heteroatoms. The molecule has 1 aromatic carbocycles. The fraction of sp³-hybridized carbons (Fsp3) is 0.526. The number of aryl methyl sites for hydroxylation is 1. The number of carbonyl (C=O) groups excluding carboxylic acids is 1. The number of carbonyl (C=O) groups is 1. The third-order valence-corrected chi connectivity index (χ3v) is 6.10. The van der Waals surface area contributed by atoms with Crippen molar-refractivity contribution in [1.29, 1.82) is 0 Å². The number of benzene rings is 1. The number of nitrogens with one attached hydrogen (secondary N) is 1. The first-order chi connectivity index (χ1) is 11.1. The molecule has 0 saturated heterocycles. The van der Waals surface area contributed by atoms with Gasteiger partial charge in [0.15, 0.2) is 0 Å². The number of amides is 1. The van der Waals surface area contributed by atoms with Gasteiger partial charge in [0.05, 0.1) is 5.56 Å². The van der Waals surface area contributed by atoms with E-state index in [1.165, 1.54) is 25.7 Å². The molecule has 0 bridgehead atoms. The average Bonchev–Trinajstić information content (AvgIpc) is 3.17. The Bertz CT molecular complexity index is 777. The normalized spacial score (nSPS) is 26.6. The molecule has 4 nitrogen and oxygen atoms in total. The summed E-state index contributed by atoms with van der Waals surface area (Å²) in [6, 6.07) is 5.56. The Labute approximate surface area is 136 Å². The Kier molecular flexibility index (Phi) is 3.36. The van der Waals surface area contributed by atoms with Crippen LogP contribution in [-0.2, 0) is 7.05 Å². The SMILES string of the molecule is Cc1c(C(=O)N[C@H]2CC[C@@H]3CCC[C@@H]32)c2cc(O)ccc2n1C. The lowest BCUT2D eigenvalue weighted by atomic mass is 9.97. The zero-order valence-corrected chi connectivity index (χ0v) is 13.8. The van der Waals surface area contributed by atoms with E-state index in [1.807, 2.05) is 24.6 Å². The lowest BCUT2D eigenvalue weighted by Gasteiger charge is -2.20. The van der Waals surface area contributed by atoms with Crippen LogP contribution in [0.25, 0.3) is 10.9 Å². The summed E-state index contributed by atoms with van der Waals surface area (Å²) in [5.41, 5.74) is 2.64. The number of hydrogen-bond donors (Lipinski definition) is 2. The lowest BCUT2D eigenvalue weighted by molar-refractivity contribution is 0.0927. The van der Waals surface area contributed by atoms with Crippen LogP contribution < -0.4 is 5.32 Å². The smallest absolute Gasteiger partial charge is 0.253 e. The molecular formula is C19H24N2O2. The summed E-state index contributed by atoms with van der Waals surface area (Å²) in [7, 11) is 1.97. The maximum absolute atomic E-state index is 12.9. The first-order valence-corrected chi connectivity index (χ1v) is 8.65. The van der Waals surface area contributed by atoms with Gasteiger partial charge in [-0.05, 0) is 56.2 Å². The third-order valence-electron chi connectivity index (χ3n) is 6.10. The molecule has 2 fully saturated rings. The maximum atomic E-state index is 12.9. The number of phenols is 1. The van der Waals surface area contributed by atoms with E-state index in [0.717, 1.165) is 28.9 Å². The minimum Gasteiger partial charge on any atom is -0.508 e. The molecule has 0 radical (unpaired) electrons. The van der Waals surface area contributed by atoms with Crippen molar-refractivity contribution in [2.45, 2.75) is 45.1 Å². The van der Waals surface area contributed by atoms with Crippen molar-refractivity contribution >= 4 is 16.8 Å². The second kappa shape index (κ2) is 5.29. The molecule has 1 aromatic heterocycles. The molecule has 2 aliphatic carbocycles. The molecule has 0 spiro atoms. The number of hydrogen-bond acceptors (Lipinski definition) is 2. The van der Waals surface area contributed by atoms with Gasteiger partial charge in [-0.2, -0.15) is 0 Å². The Hall–Kier alpha value is -1.97. The molecule has 0 aliphatic heterocycles. The highest BCUT2D eigenvalue weighted by molar-refractivity contribution is 6.08. The molecule has 3 atom stereocenters. The van der Waals surface area contributed by atoms with Crippen LogP contribution in [0, 0.1) is 18.8 Å². The number of aromatic nitrogens is 1. The quantitative estimate of drug-likeness (QED) is 0.891. The lowest BCUT2D eigenvalue weighted by Crippen LogP contribution is -2.37. The van der Waals surface area contributed by atoms with Gasteiger partial charge in [0.25, 0.3) is 5.91 Å². The molecule has 2 aromatic rings. The summed E-state index contributed by atoms with van der Waals surface area (Å²) in [6.07, 6.45) is 6.26. The fourth-order valence-electron chi connectivity index (χ4n) is 4.83. The Balaban J connectivity index is 1.67. The molecule has 1 heterocycles. The van der Waals surface area contributed by atoms with Gasteiger partial charge in [0.2, 0.25) is 0 Å². The minimum atomic E-state index is 0.0104. The van der Waals surface area contributed by atoms with E-state index < -0.39 is 0 Å². The Morgan fingerprint density at radius 3 is 2.91 bits per heavy atom. The minimum absolute atomic E-state index is 0.0104.